The minimum atomic E-state index is -0.0895. The number of amides is 1. The van der Waals surface area contributed by atoms with Gasteiger partial charge in [0.05, 0.1) is 5.52 Å². The average Bonchev–Trinajstić information content (AvgIpc) is 3.13. The summed E-state index contributed by atoms with van der Waals surface area (Å²) in [5.74, 6) is 0.944. The van der Waals surface area contributed by atoms with Gasteiger partial charge in [0.1, 0.15) is 11.5 Å². The molecule has 0 spiro atoms. The van der Waals surface area contributed by atoms with E-state index in [1.807, 2.05) is 55.6 Å². The average molecular weight is 364 g/mol. The Kier molecular flexibility index (Phi) is 5.02. The monoisotopic (exact) mass is 364 g/mol. The van der Waals surface area contributed by atoms with Crippen LogP contribution in [-0.2, 0) is 0 Å². The van der Waals surface area contributed by atoms with Crippen molar-refractivity contribution in [2.45, 2.75) is 13.0 Å². The Bertz CT molecular complexity index is 901. The number of pyridine rings is 1. The summed E-state index contributed by atoms with van der Waals surface area (Å²) in [6, 6.07) is 13.6. The smallest absolute Gasteiger partial charge is 0.270 e. The largest absolute Gasteiger partial charge is 0.354 e. The van der Waals surface area contributed by atoms with Crippen LogP contribution in [0.15, 0.2) is 54.9 Å². The summed E-state index contributed by atoms with van der Waals surface area (Å²) < 4.78 is 1.67. The van der Waals surface area contributed by atoms with Crippen LogP contribution in [0.1, 0.15) is 17.4 Å². The van der Waals surface area contributed by atoms with Crippen LogP contribution < -0.4 is 10.2 Å². The van der Waals surface area contributed by atoms with Crippen LogP contribution >= 0.6 is 0 Å². The maximum atomic E-state index is 12.6. The lowest BCUT2D eigenvalue weighted by Crippen LogP contribution is -2.51. The third-order valence-corrected chi connectivity index (χ3v) is 4.91. The van der Waals surface area contributed by atoms with Gasteiger partial charge in [-0.15, -0.1) is 0 Å². The van der Waals surface area contributed by atoms with Gasteiger partial charge in [-0.05, 0) is 43.3 Å². The lowest BCUT2D eigenvalue weighted by molar-refractivity contribution is 0.0921. The van der Waals surface area contributed by atoms with E-state index in [9.17, 15) is 4.79 Å². The van der Waals surface area contributed by atoms with Crippen molar-refractivity contribution in [1.29, 1.82) is 0 Å². The van der Waals surface area contributed by atoms with E-state index in [0.717, 1.165) is 44.1 Å². The highest BCUT2D eigenvalue weighted by molar-refractivity contribution is 5.94. The number of hydrogen-bond acceptors (Lipinski definition) is 5. The molecule has 0 aromatic carbocycles. The van der Waals surface area contributed by atoms with Gasteiger partial charge in [-0.1, -0.05) is 6.07 Å². The molecule has 0 aliphatic carbocycles. The van der Waals surface area contributed by atoms with E-state index >= 15 is 0 Å². The van der Waals surface area contributed by atoms with Crippen molar-refractivity contribution in [1.82, 2.24) is 24.8 Å². The number of hydrogen-bond donors (Lipinski definition) is 1. The molecule has 1 fully saturated rings. The minimum absolute atomic E-state index is 0.0631. The molecular weight excluding hydrogens is 340 g/mol. The third kappa shape index (κ3) is 3.93. The molecule has 3 aromatic rings. The molecule has 1 aliphatic rings. The first-order chi connectivity index (χ1) is 13.2. The summed E-state index contributed by atoms with van der Waals surface area (Å²) in [5.41, 5.74) is 1.48. The van der Waals surface area contributed by atoms with E-state index in [-0.39, 0.29) is 11.9 Å². The van der Waals surface area contributed by atoms with Crippen LogP contribution in [0.25, 0.3) is 5.52 Å². The summed E-state index contributed by atoms with van der Waals surface area (Å²) in [6.07, 6.45) is 3.52. The first-order valence-corrected chi connectivity index (χ1v) is 9.33. The molecule has 1 atom stereocenters. The van der Waals surface area contributed by atoms with E-state index in [4.69, 9.17) is 0 Å². The molecule has 1 saturated heterocycles. The lowest BCUT2D eigenvalue weighted by atomic mass is 10.2. The topological polar surface area (TPSA) is 65.8 Å². The Hall–Kier alpha value is -2.93. The van der Waals surface area contributed by atoms with Crippen LogP contribution in [0.3, 0.4) is 0 Å². The number of aromatic nitrogens is 3. The highest BCUT2D eigenvalue weighted by Gasteiger charge is 2.21. The van der Waals surface area contributed by atoms with Gasteiger partial charge >= 0.3 is 0 Å². The summed E-state index contributed by atoms with van der Waals surface area (Å²) in [4.78, 5) is 21.7. The maximum absolute atomic E-state index is 12.6. The molecular formula is C20H24N6O. The molecule has 4 rings (SSSR count). The van der Waals surface area contributed by atoms with Crippen LogP contribution in [0.2, 0.25) is 0 Å². The highest BCUT2D eigenvalue weighted by atomic mass is 16.2. The fourth-order valence-corrected chi connectivity index (χ4v) is 3.55. The third-order valence-electron chi connectivity index (χ3n) is 4.91. The number of rotatable bonds is 5. The molecule has 4 heterocycles. The predicted octanol–water partition coefficient (Wildman–Crippen LogP) is 1.67. The Balaban J connectivity index is 1.30. The SMILES string of the molecule is CC(CN1CCN(c2ccccn2)CC1)NC(=O)c1ccc2cccnn12. The zero-order chi connectivity index (χ0) is 18.6. The van der Waals surface area contributed by atoms with Crippen LogP contribution in [0.4, 0.5) is 5.82 Å². The molecule has 1 amide bonds. The molecule has 7 nitrogen and oxygen atoms in total. The van der Waals surface area contributed by atoms with Gasteiger partial charge in [-0.2, -0.15) is 5.10 Å². The zero-order valence-corrected chi connectivity index (χ0v) is 15.5. The van der Waals surface area contributed by atoms with Crippen molar-refractivity contribution in [3.8, 4) is 0 Å². The van der Waals surface area contributed by atoms with Crippen molar-refractivity contribution in [3.05, 3.63) is 60.6 Å². The Morgan fingerprint density at radius 2 is 1.93 bits per heavy atom. The molecule has 7 heteroatoms. The van der Waals surface area contributed by atoms with Gasteiger partial charge in [-0.3, -0.25) is 9.69 Å². The van der Waals surface area contributed by atoms with Gasteiger partial charge in [0.2, 0.25) is 0 Å². The Morgan fingerprint density at radius 3 is 2.70 bits per heavy atom. The van der Waals surface area contributed by atoms with E-state index in [1.165, 1.54) is 0 Å². The van der Waals surface area contributed by atoms with E-state index in [1.54, 1.807) is 10.7 Å². The first kappa shape index (κ1) is 17.5. The summed E-state index contributed by atoms with van der Waals surface area (Å²) in [5, 5.41) is 7.35. The van der Waals surface area contributed by atoms with Gasteiger partial charge in [0.15, 0.2) is 0 Å². The quantitative estimate of drug-likeness (QED) is 0.746. The van der Waals surface area contributed by atoms with Gasteiger partial charge < -0.3 is 10.2 Å². The standard InChI is InChI=1S/C20H24N6O/c1-16(23-20(27)18-8-7-17-5-4-10-22-26(17)18)15-24-11-13-25(14-12-24)19-6-2-3-9-21-19/h2-10,16H,11-15H2,1H3,(H,23,27). The summed E-state index contributed by atoms with van der Waals surface area (Å²) in [7, 11) is 0. The Morgan fingerprint density at radius 1 is 1.07 bits per heavy atom. The van der Waals surface area contributed by atoms with E-state index in [2.05, 4.69) is 25.2 Å². The van der Waals surface area contributed by atoms with Crippen molar-refractivity contribution in [2.24, 2.45) is 0 Å². The van der Waals surface area contributed by atoms with Crippen LogP contribution in [0, 0.1) is 0 Å². The molecule has 1 aliphatic heterocycles. The number of nitrogens with zero attached hydrogens (tertiary/aromatic N) is 5. The number of carbonyl (C=O) groups excluding carboxylic acids is 1. The second-order valence-electron chi connectivity index (χ2n) is 6.93. The molecule has 1 unspecified atom stereocenters. The van der Waals surface area contributed by atoms with Gasteiger partial charge in [-0.25, -0.2) is 9.50 Å². The highest BCUT2D eigenvalue weighted by Crippen LogP contribution is 2.13. The number of piperazine rings is 1. The lowest BCUT2D eigenvalue weighted by Gasteiger charge is -2.36. The van der Waals surface area contributed by atoms with Crippen molar-refractivity contribution >= 4 is 17.2 Å². The molecule has 140 valence electrons. The van der Waals surface area contributed by atoms with E-state index in [0.29, 0.717) is 5.69 Å². The normalized spacial score (nSPS) is 16.4. The number of fused-ring (bicyclic) bond motifs is 1. The molecule has 1 N–H and O–H groups in total. The summed E-state index contributed by atoms with van der Waals surface area (Å²) in [6.45, 7) is 6.71. The molecule has 0 radical (unpaired) electrons. The van der Waals surface area contributed by atoms with Gasteiger partial charge in [0, 0.05) is 51.2 Å². The first-order valence-electron chi connectivity index (χ1n) is 9.33. The second kappa shape index (κ2) is 7.75. The Labute approximate surface area is 158 Å². The maximum Gasteiger partial charge on any atom is 0.270 e. The fourth-order valence-electron chi connectivity index (χ4n) is 3.55. The van der Waals surface area contributed by atoms with Crippen LogP contribution in [0.5, 0.6) is 0 Å². The molecule has 0 saturated carbocycles. The van der Waals surface area contributed by atoms with Crippen molar-refractivity contribution in [2.75, 3.05) is 37.6 Å². The van der Waals surface area contributed by atoms with Crippen LogP contribution in [-0.4, -0.2) is 64.2 Å². The summed E-state index contributed by atoms with van der Waals surface area (Å²) >= 11 is 0. The number of nitrogens with one attached hydrogen (secondary N) is 1. The second-order valence-corrected chi connectivity index (χ2v) is 6.93. The van der Waals surface area contributed by atoms with Gasteiger partial charge in [0.25, 0.3) is 5.91 Å². The molecule has 0 bridgehead atoms. The van der Waals surface area contributed by atoms with E-state index < -0.39 is 0 Å². The fraction of sp³-hybridized carbons (Fsp3) is 0.350. The minimum Gasteiger partial charge on any atom is -0.354 e. The zero-order valence-electron chi connectivity index (χ0n) is 15.5. The number of anilines is 1. The molecule has 27 heavy (non-hydrogen) atoms. The van der Waals surface area contributed by atoms with Crippen molar-refractivity contribution in [3.63, 3.8) is 0 Å². The number of carbonyl (C=O) groups is 1. The molecule has 3 aromatic heterocycles. The predicted molar refractivity (Wildman–Crippen MR) is 105 cm³/mol. The van der Waals surface area contributed by atoms with Crippen molar-refractivity contribution < 1.29 is 4.79 Å².